The third-order valence-corrected chi connectivity index (χ3v) is 7.54. The van der Waals surface area contributed by atoms with Gasteiger partial charge >= 0.3 is 0 Å². The minimum Gasteiger partial charge on any atom is -0.457 e. The standard InChI is InChI=1S/C19H23NO5S2/c1-13(2)27(23,24)20-16-9-14-7-8-18(11-15(14)10-16)25-17-5-4-6-19(12-17)26(3,21)22/h4-8,11-13,16,20H,9-10H2,1-3H3. The number of sulfone groups is 1. The van der Waals surface area contributed by atoms with E-state index in [1.165, 1.54) is 12.1 Å². The first-order valence-corrected chi connectivity index (χ1v) is 12.1. The fraction of sp³-hybridized carbons (Fsp3) is 0.368. The molecule has 0 saturated heterocycles. The molecule has 2 aromatic rings. The second-order valence-corrected chi connectivity index (χ2v) is 11.4. The van der Waals surface area contributed by atoms with E-state index in [2.05, 4.69) is 4.72 Å². The average molecular weight is 410 g/mol. The Bertz CT molecular complexity index is 1060. The fourth-order valence-electron chi connectivity index (χ4n) is 3.01. The van der Waals surface area contributed by atoms with E-state index in [0.717, 1.165) is 17.4 Å². The number of hydrogen-bond acceptors (Lipinski definition) is 5. The summed E-state index contributed by atoms with van der Waals surface area (Å²) in [6.45, 7) is 3.31. The van der Waals surface area contributed by atoms with Crippen LogP contribution in [0.4, 0.5) is 0 Å². The Hall–Kier alpha value is -1.90. The van der Waals surface area contributed by atoms with Crippen molar-refractivity contribution in [2.75, 3.05) is 6.26 Å². The van der Waals surface area contributed by atoms with E-state index in [9.17, 15) is 16.8 Å². The van der Waals surface area contributed by atoms with Gasteiger partial charge in [-0.1, -0.05) is 12.1 Å². The van der Waals surface area contributed by atoms with E-state index < -0.39 is 25.1 Å². The second-order valence-electron chi connectivity index (χ2n) is 7.10. The lowest BCUT2D eigenvalue weighted by Crippen LogP contribution is -2.39. The maximum Gasteiger partial charge on any atom is 0.214 e. The highest BCUT2D eigenvalue weighted by Gasteiger charge is 2.27. The van der Waals surface area contributed by atoms with E-state index in [1.54, 1.807) is 26.0 Å². The van der Waals surface area contributed by atoms with Gasteiger partial charge in [-0.25, -0.2) is 21.6 Å². The van der Waals surface area contributed by atoms with E-state index in [-0.39, 0.29) is 10.9 Å². The molecule has 1 N–H and O–H groups in total. The molecule has 1 atom stereocenters. The first kappa shape index (κ1) is 19.9. The molecule has 0 heterocycles. The van der Waals surface area contributed by atoms with Crippen molar-refractivity contribution in [1.82, 2.24) is 4.72 Å². The molecule has 0 aromatic heterocycles. The number of nitrogens with one attached hydrogen (secondary N) is 1. The molecule has 0 bridgehead atoms. The molecule has 0 amide bonds. The van der Waals surface area contributed by atoms with Gasteiger partial charge in [0.25, 0.3) is 0 Å². The van der Waals surface area contributed by atoms with Crippen LogP contribution >= 0.6 is 0 Å². The van der Waals surface area contributed by atoms with Crippen LogP contribution < -0.4 is 9.46 Å². The summed E-state index contributed by atoms with van der Waals surface area (Å²) in [4.78, 5) is 0.198. The highest BCUT2D eigenvalue weighted by atomic mass is 32.2. The van der Waals surface area contributed by atoms with Crippen molar-refractivity contribution in [2.24, 2.45) is 0 Å². The van der Waals surface area contributed by atoms with Crippen LogP contribution in [0.1, 0.15) is 25.0 Å². The minimum atomic E-state index is -3.31. The van der Waals surface area contributed by atoms with Gasteiger partial charge in [0.15, 0.2) is 9.84 Å². The quantitative estimate of drug-likeness (QED) is 0.792. The number of sulfonamides is 1. The van der Waals surface area contributed by atoms with Gasteiger partial charge in [0.2, 0.25) is 10.0 Å². The number of ether oxygens (including phenoxy) is 1. The molecule has 6 nitrogen and oxygen atoms in total. The van der Waals surface area contributed by atoms with Gasteiger partial charge in [-0.15, -0.1) is 0 Å². The predicted octanol–water partition coefficient (Wildman–Crippen LogP) is 2.68. The molecule has 27 heavy (non-hydrogen) atoms. The van der Waals surface area contributed by atoms with Gasteiger partial charge in [0.05, 0.1) is 10.1 Å². The van der Waals surface area contributed by atoms with Crippen molar-refractivity contribution in [2.45, 2.75) is 42.9 Å². The molecule has 1 unspecified atom stereocenters. The summed E-state index contributed by atoms with van der Waals surface area (Å²) in [5.74, 6) is 1.03. The first-order chi connectivity index (χ1) is 12.5. The average Bonchev–Trinajstić information content (AvgIpc) is 2.95. The molecule has 3 rings (SSSR count). The van der Waals surface area contributed by atoms with Crippen LogP contribution in [-0.4, -0.2) is 34.4 Å². The zero-order chi connectivity index (χ0) is 19.8. The monoisotopic (exact) mass is 409 g/mol. The Kier molecular flexibility index (Phi) is 5.33. The lowest BCUT2D eigenvalue weighted by atomic mass is 10.1. The van der Waals surface area contributed by atoms with Crippen molar-refractivity contribution >= 4 is 19.9 Å². The minimum absolute atomic E-state index is 0.156. The smallest absolute Gasteiger partial charge is 0.214 e. The molecule has 0 spiro atoms. The summed E-state index contributed by atoms with van der Waals surface area (Å²) in [7, 11) is -6.62. The number of benzene rings is 2. The van der Waals surface area contributed by atoms with E-state index in [4.69, 9.17) is 4.74 Å². The molecule has 146 valence electrons. The summed E-state index contributed by atoms with van der Waals surface area (Å²) >= 11 is 0. The molecule has 1 aliphatic carbocycles. The summed E-state index contributed by atoms with van der Waals surface area (Å²) in [6, 6.07) is 11.8. The van der Waals surface area contributed by atoms with Gasteiger partial charge in [0.1, 0.15) is 11.5 Å². The summed E-state index contributed by atoms with van der Waals surface area (Å²) < 4.78 is 56.1. The van der Waals surface area contributed by atoms with Crippen molar-refractivity contribution in [3.05, 3.63) is 53.6 Å². The molecule has 0 radical (unpaired) electrons. The first-order valence-electron chi connectivity index (χ1n) is 8.65. The maximum absolute atomic E-state index is 12.1. The second kappa shape index (κ2) is 7.26. The normalized spacial score (nSPS) is 17.1. The lowest BCUT2D eigenvalue weighted by molar-refractivity contribution is 0.480. The Morgan fingerprint density at radius 3 is 2.30 bits per heavy atom. The van der Waals surface area contributed by atoms with Crippen LogP contribution in [0.25, 0.3) is 0 Å². The van der Waals surface area contributed by atoms with Crippen molar-refractivity contribution < 1.29 is 21.6 Å². The van der Waals surface area contributed by atoms with Gasteiger partial charge in [-0.2, -0.15) is 0 Å². The fourth-order valence-corrected chi connectivity index (χ4v) is 4.57. The van der Waals surface area contributed by atoms with Crippen LogP contribution in [0, 0.1) is 0 Å². The zero-order valence-corrected chi connectivity index (χ0v) is 17.1. The van der Waals surface area contributed by atoms with Crippen LogP contribution in [0.15, 0.2) is 47.4 Å². The van der Waals surface area contributed by atoms with E-state index in [0.29, 0.717) is 24.3 Å². The number of fused-ring (bicyclic) bond motifs is 1. The molecule has 1 aliphatic rings. The molecule has 0 saturated carbocycles. The Labute approximate surface area is 160 Å². The Morgan fingerprint density at radius 2 is 1.63 bits per heavy atom. The van der Waals surface area contributed by atoms with Crippen LogP contribution in [0.2, 0.25) is 0 Å². The Morgan fingerprint density at radius 1 is 0.963 bits per heavy atom. The lowest BCUT2D eigenvalue weighted by Gasteiger charge is -2.14. The molecule has 0 fully saturated rings. The molecular formula is C19H23NO5S2. The topological polar surface area (TPSA) is 89.5 Å². The van der Waals surface area contributed by atoms with Crippen molar-refractivity contribution in [3.8, 4) is 11.5 Å². The molecule has 0 aliphatic heterocycles. The van der Waals surface area contributed by atoms with E-state index >= 15 is 0 Å². The molecule has 8 heteroatoms. The van der Waals surface area contributed by atoms with Crippen LogP contribution in [0.3, 0.4) is 0 Å². The van der Waals surface area contributed by atoms with Crippen LogP contribution in [-0.2, 0) is 32.7 Å². The highest BCUT2D eigenvalue weighted by Crippen LogP contribution is 2.30. The zero-order valence-electron chi connectivity index (χ0n) is 15.5. The number of rotatable bonds is 6. The third kappa shape index (κ3) is 4.69. The Balaban J connectivity index is 1.75. The van der Waals surface area contributed by atoms with E-state index in [1.807, 2.05) is 18.2 Å². The maximum atomic E-state index is 12.1. The molecule has 2 aromatic carbocycles. The largest absolute Gasteiger partial charge is 0.457 e. The third-order valence-electron chi connectivity index (χ3n) is 4.53. The van der Waals surface area contributed by atoms with Gasteiger partial charge < -0.3 is 4.74 Å². The summed E-state index contributed by atoms with van der Waals surface area (Å²) in [6.07, 6.45) is 2.40. The summed E-state index contributed by atoms with van der Waals surface area (Å²) in [5, 5.41) is -0.470. The van der Waals surface area contributed by atoms with Crippen molar-refractivity contribution in [3.63, 3.8) is 0 Å². The SMILES string of the molecule is CC(C)S(=O)(=O)NC1Cc2ccc(Oc3cccc(S(C)(=O)=O)c3)cc2C1. The molecular weight excluding hydrogens is 386 g/mol. The van der Waals surface area contributed by atoms with Gasteiger partial charge in [0, 0.05) is 12.3 Å². The van der Waals surface area contributed by atoms with Gasteiger partial charge in [-0.3, -0.25) is 0 Å². The number of hydrogen-bond donors (Lipinski definition) is 1. The van der Waals surface area contributed by atoms with Crippen molar-refractivity contribution in [1.29, 1.82) is 0 Å². The van der Waals surface area contributed by atoms with Gasteiger partial charge in [-0.05, 0) is 68.1 Å². The summed E-state index contributed by atoms with van der Waals surface area (Å²) in [5.41, 5.74) is 2.12. The highest BCUT2D eigenvalue weighted by molar-refractivity contribution is 7.90. The van der Waals surface area contributed by atoms with Crippen LogP contribution in [0.5, 0.6) is 11.5 Å². The predicted molar refractivity (Wildman–Crippen MR) is 104 cm³/mol.